The van der Waals surface area contributed by atoms with Gasteiger partial charge in [-0.1, -0.05) is 13.8 Å². The SMILES string of the molecule is CC(C)Cc1c(N)c(=O)n(CCS(C)(=O)=O)n1C. The number of sulfone groups is 1. The molecule has 0 fully saturated rings. The Morgan fingerprint density at radius 2 is 1.89 bits per heavy atom. The highest BCUT2D eigenvalue weighted by Gasteiger charge is 2.17. The fourth-order valence-corrected chi connectivity index (χ4v) is 2.36. The first-order chi connectivity index (χ1) is 8.13. The predicted molar refractivity (Wildman–Crippen MR) is 72.3 cm³/mol. The van der Waals surface area contributed by atoms with E-state index in [0.29, 0.717) is 12.3 Å². The molecule has 0 saturated heterocycles. The van der Waals surface area contributed by atoms with Crippen molar-refractivity contribution in [2.45, 2.75) is 26.8 Å². The molecule has 1 heterocycles. The summed E-state index contributed by atoms with van der Waals surface area (Å²) in [6, 6.07) is 0. The van der Waals surface area contributed by atoms with Crippen molar-refractivity contribution in [2.24, 2.45) is 13.0 Å². The van der Waals surface area contributed by atoms with E-state index in [0.717, 1.165) is 11.9 Å². The number of nitrogens with zero attached hydrogens (tertiary/aromatic N) is 2. The normalized spacial score (nSPS) is 12.3. The molecule has 0 radical (unpaired) electrons. The fraction of sp³-hybridized carbons (Fsp3) is 0.727. The van der Waals surface area contributed by atoms with Crippen molar-refractivity contribution in [1.82, 2.24) is 9.36 Å². The summed E-state index contributed by atoms with van der Waals surface area (Å²) >= 11 is 0. The molecule has 7 heteroatoms. The monoisotopic (exact) mass is 275 g/mol. The van der Waals surface area contributed by atoms with E-state index >= 15 is 0 Å². The number of hydrogen-bond acceptors (Lipinski definition) is 4. The second-order valence-corrected chi connectivity index (χ2v) is 7.30. The fourth-order valence-electron chi connectivity index (χ4n) is 1.85. The van der Waals surface area contributed by atoms with Gasteiger partial charge in [0.15, 0.2) is 0 Å². The molecule has 1 rings (SSSR count). The number of hydrogen-bond donors (Lipinski definition) is 1. The Balaban J connectivity index is 3.11. The molecule has 0 amide bonds. The zero-order chi connectivity index (χ0) is 14.1. The lowest BCUT2D eigenvalue weighted by Crippen LogP contribution is -2.26. The van der Waals surface area contributed by atoms with Crippen LogP contribution in [0.1, 0.15) is 19.5 Å². The molecule has 0 aromatic carbocycles. The third-order valence-electron chi connectivity index (χ3n) is 2.80. The smallest absolute Gasteiger partial charge is 0.290 e. The van der Waals surface area contributed by atoms with Crippen molar-refractivity contribution >= 4 is 15.5 Å². The van der Waals surface area contributed by atoms with Crippen molar-refractivity contribution in [1.29, 1.82) is 0 Å². The molecule has 0 aliphatic rings. The first-order valence-corrected chi connectivity index (χ1v) is 7.91. The van der Waals surface area contributed by atoms with Gasteiger partial charge >= 0.3 is 0 Å². The second-order valence-electron chi connectivity index (χ2n) is 5.04. The van der Waals surface area contributed by atoms with E-state index in [1.165, 1.54) is 4.68 Å². The summed E-state index contributed by atoms with van der Waals surface area (Å²) in [6.07, 6.45) is 1.85. The maximum atomic E-state index is 11.9. The van der Waals surface area contributed by atoms with E-state index in [4.69, 9.17) is 5.73 Å². The molecule has 0 saturated carbocycles. The van der Waals surface area contributed by atoms with Gasteiger partial charge in [0.1, 0.15) is 15.5 Å². The Hall–Kier alpha value is -1.24. The third kappa shape index (κ3) is 3.38. The standard InChI is InChI=1S/C11H21N3O3S/c1-8(2)7-9-10(12)11(15)14(13(9)3)5-6-18(4,16)17/h8H,5-7,12H2,1-4H3. The highest BCUT2D eigenvalue weighted by atomic mass is 32.2. The van der Waals surface area contributed by atoms with E-state index in [1.54, 1.807) is 11.7 Å². The van der Waals surface area contributed by atoms with Crippen LogP contribution in [0, 0.1) is 5.92 Å². The van der Waals surface area contributed by atoms with Gasteiger partial charge in [0.25, 0.3) is 5.56 Å². The number of nitrogen functional groups attached to an aromatic ring is 1. The summed E-state index contributed by atoms with van der Waals surface area (Å²) in [4.78, 5) is 11.9. The van der Waals surface area contributed by atoms with Crippen molar-refractivity contribution in [2.75, 3.05) is 17.7 Å². The quantitative estimate of drug-likeness (QED) is 0.820. The average molecular weight is 275 g/mol. The molecule has 0 unspecified atom stereocenters. The minimum Gasteiger partial charge on any atom is -0.393 e. The lowest BCUT2D eigenvalue weighted by atomic mass is 10.1. The molecule has 0 atom stereocenters. The lowest BCUT2D eigenvalue weighted by Gasteiger charge is -2.10. The minimum absolute atomic E-state index is 0.0642. The van der Waals surface area contributed by atoms with Gasteiger partial charge in [0.05, 0.1) is 18.0 Å². The molecule has 0 bridgehead atoms. The Bertz CT molecular complexity index is 581. The molecule has 2 N–H and O–H groups in total. The number of aromatic nitrogens is 2. The summed E-state index contributed by atoms with van der Waals surface area (Å²) in [5.41, 5.74) is 6.47. The van der Waals surface area contributed by atoms with Crippen LogP contribution in [0.2, 0.25) is 0 Å². The van der Waals surface area contributed by atoms with Crippen LogP contribution in [0.25, 0.3) is 0 Å². The van der Waals surface area contributed by atoms with Gasteiger partial charge < -0.3 is 5.73 Å². The van der Waals surface area contributed by atoms with E-state index < -0.39 is 9.84 Å². The number of rotatable bonds is 5. The topological polar surface area (TPSA) is 87.1 Å². The number of anilines is 1. The molecular weight excluding hydrogens is 254 g/mol. The van der Waals surface area contributed by atoms with Crippen LogP contribution in [0.4, 0.5) is 5.69 Å². The van der Waals surface area contributed by atoms with Gasteiger partial charge in [-0.05, 0) is 12.3 Å². The van der Waals surface area contributed by atoms with E-state index in [2.05, 4.69) is 0 Å². The summed E-state index contributed by atoms with van der Waals surface area (Å²) in [5.74, 6) is 0.314. The van der Waals surface area contributed by atoms with E-state index in [-0.39, 0.29) is 23.5 Å². The van der Waals surface area contributed by atoms with Gasteiger partial charge in [-0.25, -0.2) is 13.1 Å². The maximum absolute atomic E-state index is 11.9. The van der Waals surface area contributed by atoms with Crippen LogP contribution in [-0.4, -0.2) is 29.8 Å². The summed E-state index contributed by atoms with van der Waals surface area (Å²) in [6.45, 7) is 4.21. The van der Waals surface area contributed by atoms with Crippen LogP contribution >= 0.6 is 0 Å². The first-order valence-electron chi connectivity index (χ1n) is 5.85. The molecule has 1 aromatic heterocycles. The molecule has 0 aliphatic carbocycles. The zero-order valence-corrected chi connectivity index (χ0v) is 12.1. The molecule has 6 nitrogen and oxygen atoms in total. The molecule has 104 valence electrons. The lowest BCUT2D eigenvalue weighted by molar-refractivity contribution is 0.486. The molecular formula is C11H21N3O3S. The zero-order valence-electron chi connectivity index (χ0n) is 11.3. The molecule has 0 aliphatic heterocycles. The van der Waals surface area contributed by atoms with Crippen LogP contribution in [0.5, 0.6) is 0 Å². The van der Waals surface area contributed by atoms with Gasteiger partial charge in [-0.2, -0.15) is 0 Å². The van der Waals surface area contributed by atoms with Gasteiger partial charge in [0, 0.05) is 13.3 Å². The maximum Gasteiger partial charge on any atom is 0.290 e. The Labute approximate surface area is 107 Å². The summed E-state index contributed by atoms with van der Waals surface area (Å²) in [7, 11) is -1.36. The highest BCUT2D eigenvalue weighted by Crippen LogP contribution is 2.12. The van der Waals surface area contributed by atoms with E-state index in [1.807, 2.05) is 13.8 Å². The van der Waals surface area contributed by atoms with Crippen LogP contribution in [-0.2, 0) is 29.9 Å². The van der Waals surface area contributed by atoms with Crippen molar-refractivity contribution in [3.8, 4) is 0 Å². The van der Waals surface area contributed by atoms with Crippen LogP contribution in [0.15, 0.2) is 4.79 Å². The largest absolute Gasteiger partial charge is 0.393 e. The molecule has 18 heavy (non-hydrogen) atoms. The summed E-state index contributed by atoms with van der Waals surface area (Å²) < 4.78 is 25.3. The second kappa shape index (κ2) is 5.17. The first kappa shape index (κ1) is 14.8. The van der Waals surface area contributed by atoms with Crippen LogP contribution < -0.4 is 11.3 Å². The van der Waals surface area contributed by atoms with Gasteiger partial charge in [-0.3, -0.25) is 9.48 Å². The van der Waals surface area contributed by atoms with E-state index in [9.17, 15) is 13.2 Å². The Morgan fingerprint density at radius 1 is 1.33 bits per heavy atom. The molecule has 1 aromatic rings. The highest BCUT2D eigenvalue weighted by molar-refractivity contribution is 7.90. The summed E-state index contributed by atoms with van der Waals surface area (Å²) in [5, 5.41) is 0. The Kier molecular flexibility index (Phi) is 4.26. The Morgan fingerprint density at radius 3 is 2.33 bits per heavy atom. The van der Waals surface area contributed by atoms with Crippen molar-refractivity contribution in [3.63, 3.8) is 0 Å². The average Bonchev–Trinajstić information content (AvgIpc) is 2.39. The molecule has 0 spiro atoms. The van der Waals surface area contributed by atoms with Crippen molar-refractivity contribution < 1.29 is 8.42 Å². The third-order valence-corrected chi connectivity index (χ3v) is 3.73. The van der Waals surface area contributed by atoms with Gasteiger partial charge in [0.2, 0.25) is 0 Å². The van der Waals surface area contributed by atoms with Crippen LogP contribution in [0.3, 0.4) is 0 Å². The number of nitrogens with two attached hydrogens (primary N) is 1. The van der Waals surface area contributed by atoms with Gasteiger partial charge in [-0.15, -0.1) is 0 Å². The van der Waals surface area contributed by atoms with Crippen molar-refractivity contribution in [3.05, 3.63) is 16.0 Å². The minimum atomic E-state index is -3.10. The predicted octanol–water partition coefficient (Wildman–Crippen LogP) is 0.0121.